The quantitative estimate of drug-likeness (QED) is 0.194. The van der Waals surface area contributed by atoms with E-state index in [4.69, 9.17) is 19.9 Å². The van der Waals surface area contributed by atoms with Crippen LogP contribution in [0.5, 0.6) is 0 Å². The molecule has 2 heterocycles. The Morgan fingerprint density at radius 1 is 1.21 bits per heavy atom. The first-order valence-electron chi connectivity index (χ1n) is 11.4. The van der Waals surface area contributed by atoms with Crippen molar-refractivity contribution in [3.63, 3.8) is 0 Å². The minimum absolute atomic E-state index is 0.0876. The number of hydrogen-bond donors (Lipinski definition) is 4. The number of rotatable bonds is 13. The molecule has 1 aliphatic heterocycles. The lowest BCUT2D eigenvalue weighted by Crippen LogP contribution is -2.43. The summed E-state index contributed by atoms with van der Waals surface area (Å²) in [4.78, 5) is 16.7. The summed E-state index contributed by atoms with van der Waals surface area (Å²) < 4.78 is 64.9. The molecule has 1 aliphatic rings. The highest BCUT2D eigenvalue weighted by atomic mass is 32.3. The van der Waals surface area contributed by atoms with Crippen molar-refractivity contribution in [1.29, 1.82) is 0 Å². The van der Waals surface area contributed by atoms with Crippen LogP contribution in [0.2, 0.25) is 0 Å². The lowest BCUT2D eigenvalue weighted by atomic mass is 10.1. The Bertz CT molecular complexity index is 1300. The largest absolute Gasteiger partial charge is 0.444 e. The second-order valence-corrected chi connectivity index (χ2v) is 13.2. The molecular formula is C21H30N4O10S3. The third-order valence-corrected chi connectivity index (χ3v) is 10.8. The minimum atomic E-state index is -4.41. The van der Waals surface area contributed by atoms with Gasteiger partial charge in [-0.2, -0.15) is 4.31 Å². The number of carbonyl (C=O) groups is 1. The van der Waals surface area contributed by atoms with Crippen molar-refractivity contribution in [1.82, 2.24) is 19.7 Å². The molecule has 0 bridgehead atoms. The van der Waals surface area contributed by atoms with E-state index >= 15 is 0 Å². The van der Waals surface area contributed by atoms with E-state index in [1.807, 2.05) is 11.6 Å². The summed E-state index contributed by atoms with van der Waals surface area (Å²) in [6, 6.07) is 7.20. The molecule has 0 spiro atoms. The van der Waals surface area contributed by atoms with Crippen molar-refractivity contribution in [2.45, 2.75) is 41.0 Å². The van der Waals surface area contributed by atoms with Crippen LogP contribution in [0.15, 0.2) is 38.8 Å². The molecule has 3 rings (SSSR count). The first kappa shape index (κ1) is 30.4. The number of nitrogens with zero attached hydrogens (tertiary/aromatic N) is 2. The number of methoxy groups -OCH3 is 1. The van der Waals surface area contributed by atoms with E-state index in [2.05, 4.69) is 10.2 Å². The number of thiophene rings is 1. The summed E-state index contributed by atoms with van der Waals surface area (Å²) in [6.45, 7) is 2.77. The summed E-state index contributed by atoms with van der Waals surface area (Å²) in [7, 11) is -6.82. The van der Waals surface area contributed by atoms with Gasteiger partial charge in [0.25, 0.3) is 20.0 Å². The lowest BCUT2D eigenvalue weighted by Gasteiger charge is -2.32. The van der Waals surface area contributed by atoms with Gasteiger partial charge in [-0.05, 0) is 30.2 Å². The van der Waals surface area contributed by atoms with Gasteiger partial charge >= 0.3 is 6.09 Å². The molecule has 0 aliphatic carbocycles. The van der Waals surface area contributed by atoms with Gasteiger partial charge in [-0.1, -0.05) is 31.2 Å². The zero-order valence-electron chi connectivity index (χ0n) is 20.7. The van der Waals surface area contributed by atoms with Crippen LogP contribution in [0.4, 0.5) is 4.79 Å². The molecule has 1 amide bonds. The molecule has 14 nitrogen and oxygen atoms in total. The van der Waals surface area contributed by atoms with Gasteiger partial charge < -0.3 is 14.8 Å². The fourth-order valence-corrected chi connectivity index (χ4v) is 8.46. The number of nitrogens with one attached hydrogen (secondary N) is 2. The topological polar surface area (TPSA) is 184 Å². The Morgan fingerprint density at radius 2 is 1.87 bits per heavy atom. The molecule has 1 atom stereocenters. The zero-order chi connectivity index (χ0) is 27.9. The molecule has 38 heavy (non-hydrogen) atoms. The van der Waals surface area contributed by atoms with E-state index in [0.29, 0.717) is 47.6 Å². The zero-order valence-corrected chi connectivity index (χ0v) is 23.1. The van der Waals surface area contributed by atoms with Crippen molar-refractivity contribution in [3.05, 3.63) is 47.0 Å². The molecule has 1 aromatic carbocycles. The van der Waals surface area contributed by atoms with Crippen molar-refractivity contribution >= 4 is 37.5 Å². The Morgan fingerprint density at radius 3 is 2.47 bits per heavy atom. The third-order valence-electron chi connectivity index (χ3n) is 5.47. The number of amides is 1. The Hall–Kier alpha value is -2.19. The van der Waals surface area contributed by atoms with Crippen LogP contribution in [0.3, 0.4) is 0 Å². The normalized spacial score (nSPS) is 17.3. The molecule has 0 fully saturated rings. The Balaban J connectivity index is 1.69. The van der Waals surface area contributed by atoms with E-state index in [9.17, 15) is 21.6 Å². The molecular weight excluding hydrogens is 564 g/mol. The Labute approximate surface area is 224 Å². The highest BCUT2D eigenvalue weighted by Gasteiger charge is 2.40. The van der Waals surface area contributed by atoms with Crippen LogP contribution in [-0.2, 0) is 47.6 Å². The number of fused-ring (bicyclic) bond motifs is 1. The van der Waals surface area contributed by atoms with Crippen LogP contribution in [-0.4, -0.2) is 76.4 Å². The summed E-state index contributed by atoms with van der Waals surface area (Å²) in [5, 5.41) is 19.9. The van der Waals surface area contributed by atoms with Gasteiger partial charge in [0.2, 0.25) is 0 Å². The fraction of sp³-hybridized carbons (Fsp3) is 0.476. The van der Waals surface area contributed by atoms with Gasteiger partial charge in [0.05, 0.1) is 12.0 Å². The minimum Gasteiger partial charge on any atom is -0.444 e. The second-order valence-electron chi connectivity index (χ2n) is 8.15. The summed E-state index contributed by atoms with van der Waals surface area (Å²) in [5.41, 5.74) is 1.47. The average Bonchev–Trinajstić information content (AvgIpc) is 3.33. The van der Waals surface area contributed by atoms with Crippen LogP contribution < -0.4 is 10.0 Å². The molecule has 0 unspecified atom stereocenters. The summed E-state index contributed by atoms with van der Waals surface area (Å²) in [5.74, 6) is 0. The van der Waals surface area contributed by atoms with E-state index in [0.717, 1.165) is 0 Å². The number of carbonyl (C=O) groups excluding carboxylic acids is 1. The fourth-order valence-electron chi connectivity index (χ4n) is 3.68. The second kappa shape index (κ2) is 13.2. The summed E-state index contributed by atoms with van der Waals surface area (Å²) >= 11 is 0.576. The highest BCUT2D eigenvalue weighted by Crippen LogP contribution is 2.40. The predicted octanol–water partition coefficient (Wildman–Crippen LogP) is 1.57. The monoisotopic (exact) mass is 594 g/mol. The first-order chi connectivity index (χ1) is 18.0. The SMILES string of the molecule is CCN[C@H]1CN(CCCOC)S(=O)(=O)c2sc(S(=O)(=O)NC(=O)OCc3ccc(CON(O)O)cc3)cc21. The molecule has 0 saturated carbocycles. The molecule has 4 N–H and O–H groups in total. The number of benzene rings is 1. The standard InChI is InChI=1S/C21H30N4O10S3/c1-3-22-18-12-24(9-4-10-33-2)38(31,32)20-17(18)11-19(36-20)37(29,30)23-21(26)34-13-15-5-7-16(8-6-15)14-35-25(27)28/h5-8,11,18,22,27-28H,3-4,9-10,12-14H2,1-2H3,(H,23,26)/t18-/m0/s1. The van der Waals surface area contributed by atoms with Gasteiger partial charge in [-0.3, -0.25) is 10.4 Å². The average molecular weight is 595 g/mol. The summed E-state index contributed by atoms with van der Waals surface area (Å²) in [6.07, 6.45) is -0.749. The van der Waals surface area contributed by atoms with Gasteiger partial charge in [0.1, 0.15) is 15.0 Å². The van der Waals surface area contributed by atoms with Gasteiger partial charge in [0, 0.05) is 38.4 Å². The molecule has 212 valence electrons. The van der Waals surface area contributed by atoms with Gasteiger partial charge in [0.15, 0.2) is 0 Å². The van der Waals surface area contributed by atoms with E-state index in [1.54, 1.807) is 24.3 Å². The van der Waals surface area contributed by atoms with Gasteiger partial charge in [-0.25, -0.2) is 31.2 Å². The van der Waals surface area contributed by atoms with E-state index in [-0.39, 0.29) is 34.7 Å². The highest BCUT2D eigenvalue weighted by molar-refractivity contribution is 7.94. The Kier molecular flexibility index (Phi) is 10.6. The van der Waals surface area contributed by atoms with Crippen LogP contribution in [0.25, 0.3) is 0 Å². The van der Waals surface area contributed by atoms with E-state index < -0.39 is 37.6 Å². The number of ether oxygens (including phenoxy) is 2. The van der Waals surface area contributed by atoms with Crippen LogP contribution in [0, 0.1) is 0 Å². The molecule has 0 radical (unpaired) electrons. The maximum Gasteiger partial charge on any atom is 0.421 e. The first-order valence-corrected chi connectivity index (χ1v) is 15.2. The van der Waals surface area contributed by atoms with Crippen LogP contribution in [0.1, 0.15) is 36.1 Å². The molecule has 17 heteroatoms. The molecule has 0 saturated heterocycles. The van der Waals surface area contributed by atoms with E-state index in [1.165, 1.54) is 17.5 Å². The third kappa shape index (κ3) is 7.69. The smallest absolute Gasteiger partial charge is 0.421 e. The van der Waals surface area contributed by atoms with Crippen molar-refractivity contribution < 1.29 is 46.4 Å². The van der Waals surface area contributed by atoms with Gasteiger partial charge in [-0.15, -0.1) is 11.3 Å². The predicted molar refractivity (Wildman–Crippen MR) is 133 cm³/mol. The number of hydrogen-bond acceptors (Lipinski definition) is 13. The van der Waals surface area contributed by atoms with Crippen LogP contribution >= 0.6 is 11.3 Å². The number of likely N-dealkylation sites (N-methyl/N-ethyl adjacent to an activating group) is 1. The maximum absolute atomic E-state index is 13.2. The molecule has 2 aromatic rings. The van der Waals surface area contributed by atoms with Crippen molar-refractivity contribution in [3.8, 4) is 0 Å². The maximum atomic E-state index is 13.2. The van der Waals surface area contributed by atoms with Crippen molar-refractivity contribution in [2.24, 2.45) is 0 Å². The molecule has 1 aromatic heterocycles. The lowest BCUT2D eigenvalue weighted by molar-refractivity contribution is -0.497. The van der Waals surface area contributed by atoms with Crippen molar-refractivity contribution in [2.75, 3.05) is 33.4 Å². The number of sulfonamides is 2.